The molecule has 0 fully saturated rings. The molecule has 0 unspecified atom stereocenters. The SMILES string of the molecule is CC(C)c1ccc(C(C)C)[n+](C)n1.[I-]. The largest absolute Gasteiger partial charge is 1.00 e. The highest BCUT2D eigenvalue weighted by Crippen LogP contribution is 2.12. The zero-order valence-corrected chi connectivity index (χ0v) is 11.7. The minimum atomic E-state index is 0. The second-order valence-electron chi connectivity index (χ2n) is 4.12. The lowest BCUT2D eigenvalue weighted by Crippen LogP contribution is -3.00. The van der Waals surface area contributed by atoms with E-state index in [4.69, 9.17) is 0 Å². The van der Waals surface area contributed by atoms with Gasteiger partial charge in [-0.15, -0.1) is 0 Å². The molecular formula is C11H19IN2. The summed E-state index contributed by atoms with van der Waals surface area (Å²) in [6.07, 6.45) is 0. The van der Waals surface area contributed by atoms with Crippen LogP contribution in [0.15, 0.2) is 12.1 Å². The molecule has 0 radical (unpaired) electrons. The molecule has 1 aromatic rings. The van der Waals surface area contributed by atoms with Crippen LogP contribution in [0.2, 0.25) is 0 Å². The number of hydrogen-bond donors (Lipinski definition) is 0. The fraction of sp³-hybridized carbons (Fsp3) is 0.636. The Hall–Kier alpha value is -0.190. The lowest BCUT2D eigenvalue weighted by Gasteiger charge is -2.04. The molecule has 1 aromatic heterocycles. The van der Waals surface area contributed by atoms with E-state index in [-0.39, 0.29) is 24.0 Å². The molecule has 0 spiro atoms. The van der Waals surface area contributed by atoms with Crippen LogP contribution in [-0.4, -0.2) is 5.10 Å². The van der Waals surface area contributed by atoms with Gasteiger partial charge in [-0.05, 0) is 11.2 Å². The number of aromatic nitrogens is 2. The number of hydrogen-bond acceptors (Lipinski definition) is 1. The van der Waals surface area contributed by atoms with Gasteiger partial charge in [0.2, 0.25) is 5.69 Å². The molecule has 1 rings (SSSR count). The van der Waals surface area contributed by atoms with Gasteiger partial charge in [0.25, 0.3) is 0 Å². The standard InChI is InChI=1S/C11H19N2.HI/c1-8(2)10-6-7-11(9(3)4)13(5)12-10;/h6-9H,1-5H3;1H/q+1;/p-1. The number of nitrogens with zero attached hydrogens (tertiary/aromatic N) is 2. The third kappa shape index (κ3) is 3.19. The number of rotatable bonds is 2. The Morgan fingerprint density at radius 2 is 1.64 bits per heavy atom. The minimum Gasteiger partial charge on any atom is -1.00 e. The lowest BCUT2D eigenvalue weighted by atomic mass is 10.1. The maximum absolute atomic E-state index is 4.51. The topological polar surface area (TPSA) is 16.8 Å². The van der Waals surface area contributed by atoms with E-state index in [9.17, 15) is 0 Å². The van der Waals surface area contributed by atoms with Crippen LogP contribution in [0.3, 0.4) is 0 Å². The second-order valence-corrected chi connectivity index (χ2v) is 4.12. The van der Waals surface area contributed by atoms with Crippen LogP contribution in [0.1, 0.15) is 50.9 Å². The van der Waals surface area contributed by atoms with Crippen LogP contribution < -0.4 is 28.7 Å². The van der Waals surface area contributed by atoms with Crippen molar-refractivity contribution in [3.05, 3.63) is 23.5 Å². The Morgan fingerprint density at radius 3 is 2.00 bits per heavy atom. The quantitative estimate of drug-likeness (QED) is 0.514. The Labute approximate surface area is 104 Å². The summed E-state index contributed by atoms with van der Waals surface area (Å²) in [5, 5.41) is 4.51. The van der Waals surface area contributed by atoms with Gasteiger partial charge < -0.3 is 24.0 Å². The van der Waals surface area contributed by atoms with Gasteiger partial charge in [-0.2, -0.15) is 0 Å². The molecule has 0 atom stereocenters. The van der Waals surface area contributed by atoms with Crippen molar-refractivity contribution in [1.82, 2.24) is 5.10 Å². The molecular weight excluding hydrogens is 287 g/mol. The van der Waals surface area contributed by atoms with Crippen molar-refractivity contribution in [3.8, 4) is 0 Å². The molecule has 0 N–H and O–H groups in total. The Kier molecular flexibility index (Phi) is 5.56. The Morgan fingerprint density at radius 1 is 1.07 bits per heavy atom. The van der Waals surface area contributed by atoms with Crippen LogP contribution >= 0.6 is 0 Å². The average Bonchev–Trinajstić information content (AvgIpc) is 2.03. The third-order valence-corrected chi connectivity index (χ3v) is 2.25. The van der Waals surface area contributed by atoms with Crippen molar-refractivity contribution < 1.29 is 28.7 Å². The highest BCUT2D eigenvalue weighted by atomic mass is 127. The van der Waals surface area contributed by atoms with E-state index >= 15 is 0 Å². The summed E-state index contributed by atoms with van der Waals surface area (Å²) in [5.74, 6) is 1.05. The van der Waals surface area contributed by atoms with E-state index < -0.39 is 0 Å². The minimum absolute atomic E-state index is 0. The molecule has 80 valence electrons. The van der Waals surface area contributed by atoms with Gasteiger partial charge in [0.05, 0.1) is 0 Å². The second kappa shape index (κ2) is 5.63. The van der Waals surface area contributed by atoms with Crippen molar-refractivity contribution in [1.29, 1.82) is 0 Å². The predicted molar refractivity (Wildman–Crippen MR) is 53.6 cm³/mol. The highest BCUT2D eigenvalue weighted by molar-refractivity contribution is 5.08. The molecule has 2 nitrogen and oxygen atoms in total. The average molecular weight is 306 g/mol. The fourth-order valence-electron chi connectivity index (χ4n) is 1.42. The first-order valence-electron chi connectivity index (χ1n) is 4.89. The number of halogens is 1. The van der Waals surface area contributed by atoms with Crippen molar-refractivity contribution in [2.45, 2.75) is 39.5 Å². The molecule has 0 bridgehead atoms. The molecule has 3 heteroatoms. The van der Waals surface area contributed by atoms with Gasteiger partial charge in [0.15, 0.2) is 7.05 Å². The van der Waals surface area contributed by atoms with E-state index in [2.05, 4.69) is 44.9 Å². The van der Waals surface area contributed by atoms with Crippen LogP contribution in [0.25, 0.3) is 0 Å². The molecule has 0 saturated carbocycles. The van der Waals surface area contributed by atoms with E-state index in [1.54, 1.807) is 0 Å². The van der Waals surface area contributed by atoms with Crippen LogP contribution in [0, 0.1) is 0 Å². The van der Waals surface area contributed by atoms with Gasteiger partial charge in [-0.25, -0.2) is 0 Å². The first kappa shape index (κ1) is 13.8. The van der Waals surface area contributed by atoms with Crippen molar-refractivity contribution >= 4 is 0 Å². The van der Waals surface area contributed by atoms with Crippen LogP contribution in [0.5, 0.6) is 0 Å². The van der Waals surface area contributed by atoms with Crippen molar-refractivity contribution in [2.75, 3.05) is 0 Å². The van der Waals surface area contributed by atoms with E-state index in [1.165, 1.54) is 5.69 Å². The Bertz CT molecular complexity index is 295. The van der Waals surface area contributed by atoms with Gasteiger partial charge in [0, 0.05) is 17.9 Å². The zero-order chi connectivity index (χ0) is 10.0. The maximum atomic E-state index is 4.51. The summed E-state index contributed by atoms with van der Waals surface area (Å²) in [7, 11) is 2.02. The molecule has 0 aromatic carbocycles. The fourth-order valence-corrected chi connectivity index (χ4v) is 1.42. The Balaban J connectivity index is 0.00000169. The first-order chi connectivity index (χ1) is 6.02. The van der Waals surface area contributed by atoms with Gasteiger partial charge in [-0.1, -0.05) is 32.4 Å². The monoisotopic (exact) mass is 306 g/mol. The summed E-state index contributed by atoms with van der Waals surface area (Å²) in [5.41, 5.74) is 2.44. The van der Waals surface area contributed by atoms with E-state index in [1.807, 2.05) is 11.7 Å². The normalized spacial score (nSPS) is 10.5. The predicted octanol–water partition coefficient (Wildman–Crippen LogP) is -0.843. The summed E-state index contributed by atoms with van der Waals surface area (Å²) in [4.78, 5) is 0. The first-order valence-corrected chi connectivity index (χ1v) is 4.89. The summed E-state index contributed by atoms with van der Waals surface area (Å²) >= 11 is 0. The van der Waals surface area contributed by atoms with Crippen molar-refractivity contribution in [2.24, 2.45) is 7.05 Å². The molecule has 0 aliphatic rings. The molecule has 14 heavy (non-hydrogen) atoms. The summed E-state index contributed by atoms with van der Waals surface area (Å²) in [6.45, 7) is 8.70. The molecule has 1 heterocycles. The zero-order valence-electron chi connectivity index (χ0n) is 9.58. The summed E-state index contributed by atoms with van der Waals surface area (Å²) < 4.78 is 1.99. The van der Waals surface area contributed by atoms with Crippen molar-refractivity contribution in [3.63, 3.8) is 0 Å². The molecule has 0 amide bonds. The lowest BCUT2D eigenvalue weighted by molar-refractivity contribution is -0.739. The number of aryl methyl sites for hydroxylation is 1. The van der Waals surface area contributed by atoms with E-state index in [0.29, 0.717) is 11.8 Å². The smallest absolute Gasteiger partial charge is 0.210 e. The molecule has 0 saturated heterocycles. The molecule has 0 aliphatic heterocycles. The van der Waals surface area contributed by atoms with E-state index in [0.717, 1.165) is 5.69 Å². The summed E-state index contributed by atoms with van der Waals surface area (Å²) in [6, 6.07) is 4.30. The highest BCUT2D eigenvalue weighted by Gasteiger charge is 2.14. The van der Waals surface area contributed by atoms with Crippen LogP contribution in [-0.2, 0) is 7.05 Å². The third-order valence-electron chi connectivity index (χ3n) is 2.25. The molecule has 0 aliphatic carbocycles. The van der Waals surface area contributed by atoms with Gasteiger partial charge >= 0.3 is 0 Å². The van der Waals surface area contributed by atoms with Gasteiger partial charge in [-0.3, -0.25) is 0 Å². The van der Waals surface area contributed by atoms with Crippen LogP contribution in [0.4, 0.5) is 0 Å². The van der Waals surface area contributed by atoms with Gasteiger partial charge in [0.1, 0.15) is 5.69 Å². The maximum Gasteiger partial charge on any atom is 0.210 e.